The average Bonchev–Trinajstić information content (AvgIpc) is 2.34. The van der Waals surface area contributed by atoms with Crippen LogP contribution >= 0.6 is 0 Å². The van der Waals surface area contributed by atoms with Gasteiger partial charge in [-0.1, -0.05) is 0 Å². The SMILES string of the molecule is COC(C)CNCCCOC1CCNCC1. The first-order valence-corrected chi connectivity index (χ1v) is 6.38. The van der Waals surface area contributed by atoms with Crippen LogP contribution in [0.25, 0.3) is 0 Å². The summed E-state index contributed by atoms with van der Waals surface area (Å²) in [6.45, 7) is 7.09. The van der Waals surface area contributed by atoms with Crippen LogP contribution in [0.4, 0.5) is 0 Å². The molecule has 0 saturated carbocycles. The zero-order chi connectivity index (χ0) is 11.6. The largest absolute Gasteiger partial charge is 0.380 e. The van der Waals surface area contributed by atoms with Crippen molar-refractivity contribution in [2.24, 2.45) is 0 Å². The van der Waals surface area contributed by atoms with E-state index in [-0.39, 0.29) is 0 Å². The highest BCUT2D eigenvalue weighted by Gasteiger charge is 2.12. The third kappa shape index (κ3) is 6.43. The van der Waals surface area contributed by atoms with Gasteiger partial charge in [0.05, 0.1) is 12.2 Å². The molecule has 0 bridgehead atoms. The van der Waals surface area contributed by atoms with Crippen LogP contribution in [-0.4, -0.2) is 52.1 Å². The number of rotatable bonds is 8. The van der Waals surface area contributed by atoms with Crippen molar-refractivity contribution in [2.75, 3.05) is 39.9 Å². The molecule has 4 heteroatoms. The fourth-order valence-corrected chi connectivity index (χ4v) is 1.80. The summed E-state index contributed by atoms with van der Waals surface area (Å²) in [6.07, 6.45) is 4.19. The number of ether oxygens (including phenoxy) is 2. The van der Waals surface area contributed by atoms with E-state index in [1.807, 2.05) is 0 Å². The van der Waals surface area contributed by atoms with Crippen LogP contribution in [0.15, 0.2) is 0 Å². The summed E-state index contributed by atoms with van der Waals surface area (Å²) < 4.78 is 11.0. The standard InChI is InChI=1S/C12H26N2O2/c1-11(15-2)10-14-6-3-9-16-12-4-7-13-8-5-12/h11-14H,3-10H2,1-2H3. The van der Waals surface area contributed by atoms with Crippen LogP contribution in [-0.2, 0) is 9.47 Å². The lowest BCUT2D eigenvalue weighted by Gasteiger charge is -2.23. The van der Waals surface area contributed by atoms with Gasteiger partial charge in [0.1, 0.15) is 0 Å². The van der Waals surface area contributed by atoms with Crippen molar-refractivity contribution in [2.45, 2.75) is 38.4 Å². The Bertz CT molecular complexity index is 161. The molecule has 0 spiro atoms. The normalized spacial score (nSPS) is 19.9. The first kappa shape index (κ1) is 13.9. The molecule has 0 aromatic rings. The molecule has 0 radical (unpaired) electrons. The zero-order valence-electron chi connectivity index (χ0n) is 10.6. The second kappa shape index (κ2) is 8.93. The fraction of sp³-hybridized carbons (Fsp3) is 1.00. The maximum atomic E-state index is 5.81. The van der Waals surface area contributed by atoms with Crippen molar-refractivity contribution in [1.29, 1.82) is 0 Å². The Balaban J connectivity index is 1.84. The van der Waals surface area contributed by atoms with Crippen LogP contribution in [0, 0.1) is 0 Å². The first-order valence-electron chi connectivity index (χ1n) is 6.38. The molecule has 96 valence electrons. The summed E-state index contributed by atoms with van der Waals surface area (Å²) in [7, 11) is 1.74. The van der Waals surface area contributed by atoms with Gasteiger partial charge < -0.3 is 20.1 Å². The van der Waals surface area contributed by atoms with E-state index in [1.165, 1.54) is 0 Å². The minimum atomic E-state index is 0.297. The topological polar surface area (TPSA) is 42.5 Å². The van der Waals surface area contributed by atoms with Crippen molar-refractivity contribution in [3.05, 3.63) is 0 Å². The van der Waals surface area contributed by atoms with Gasteiger partial charge in [-0.15, -0.1) is 0 Å². The van der Waals surface area contributed by atoms with E-state index in [9.17, 15) is 0 Å². The number of nitrogens with one attached hydrogen (secondary N) is 2. The molecule has 1 unspecified atom stereocenters. The van der Waals surface area contributed by atoms with E-state index in [0.29, 0.717) is 12.2 Å². The molecule has 1 heterocycles. The van der Waals surface area contributed by atoms with Crippen LogP contribution in [0.3, 0.4) is 0 Å². The Labute approximate surface area is 99.1 Å². The number of piperidine rings is 1. The van der Waals surface area contributed by atoms with Gasteiger partial charge in [0.15, 0.2) is 0 Å². The highest BCUT2D eigenvalue weighted by molar-refractivity contribution is 4.68. The maximum absolute atomic E-state index is 5.81. The lowest BCUT2D eigenvalue weighted by atomic mass is 10.1. The molecular weight excluding hydrogens is 204 g/mol. The Morgan fingerprint density at radius 3 is 2.81 bits per heavy atom. The Morgan fingerprint density at radius 1 is 1.38 bits per heavy atom. The van der Waals surface area contributed by atoms with Gasteiger partial charge in [-0.2, -0.15) is 0 Å². The number of hydrogen-bond donors (Lipinski definition) is 2. The average molecular weight is 230 g/mol. The monoisotopic (exact) mass is 230 g/mol. The van der Waals surface area contributed by atoms with Crippen molar-refractivity contribution in [1.82, 2.24) is 10.6 Å². The van der Waals surface area contributed by atoms with Crippen LogP contribution in [0.2, 0.25) is 0 Å². The van der Waals surface area contributed by atoms with Crippen molar-refractivity contribution in [3.8, 4) is 0 Å². The predicted molar refractivity (Wildman–Crippen MR) is 65.8 cm³/mol. The van der Waals surface area contributed by atoms with Crippen molar-refractivity contribution < 1.29 is 9.47 Å². The van der Waals surface area contributed by atoms with E-state index in [4.69, 9.17) is 9.47 Å². The summed E-state index contributed by atoms with van der Waals surface area (Å²) in [6, 6.07) is 0. The van der Waals surface area contributed by atoms with E-state index in [2.05, 4.69) is 17.6 Å². The minimum absolute atomic E-state index is 0.297. The second-order valence-corrected chi connectivity index (χ2v) is 4.42. The molecule has 1 fully saturated rings. The van der Waals surface area contributed by atoms with E-state index < -0.39 is 0 Å². The van der Waals surface area contributed by atoms with Gasteiger partial charge in [-0.25, -0.2) is 0 Å². The van der Waals surface area contributed by atoms with Gasteiger partial charge >= 0.3 is 0 Å². The van der Waals surface area contributed by atoms with Crippen LogP contribution in [0.1, 0.15) is 26.2 Å². The highest BCUT2D eigenvalue weighted by atomic mass is 16.5. The minimum Gasteiger partial charge on any atom is -0.380 e. The molecule has 0 aromatic carbocycles. The molecule has 0 aromatic heterocycles. The molecule has 0 aliphatic carbocycles. The van der Waals surface area contributed by atoms with Gasteiger partial charge in [0.2, 0.25) is 0 Å². The molecule has 1 rings (SSSR count). The lowest BCUT2D eigenvalue weighted by molar-refractivity contribution is 0.0313. The van der Waals surface area contributed by atoms with Gasteiger partial charge in [0, 0.05) is 20.3 Å². The third-order valence-corrected chi connectivity index (χ3v) is 2.97. The summed E-state index contributed by atoms with van der Waals surface area (Å²) in [5.74, 6) is 0. The van der Waals surface area contributed by atoms with Crippen LogP contribution in [0.5, 0.6) is 0 Å². The van der Waals surface area contributed by atoms with E-state index in [0.717, 1.165) is 52.0 Å². The third-order valence-electron chi connectivity index (χ3n) is 2.97. The fourth-order valence-electron chi connectivity index (χ4n) is 1.80. The lowest BCUT2D eigenvalue weighted by Crippen LogP contribution is -2.33. The van der Waals surface area contributed by atoms with Gasteiger partial charge in [-0.05, 0) is 45.8 Å². The van der Waals surface area contributed by atoms with Gasteiger partial charge in [-0.3, -0.25) is 0 Å². The second-order valence-electron chi connectivity index (χ2n) is 4.42. The van der Waals surface area contributed by atoms with E-state index in [1.54, 1.807) is 7.11 Å². The summed E-state index contributed by atoms with van der Waals surface area (Å²) >= 11 is 0. The van der Waals surface area contributed by atoms with Crippen molar-refractivity contribution >= 4 is 0 Å². The summed E-state index contributed by atoms with van der Waals surface area (Å²) in [5.41, 5.74) is 0. The zero-order valence-corrected chi connectivity index (χ0v) is 10.6. The van der Waals surface area contributed by atoms with Crippen LogP contribution < -0.4 is 10.6 Å². The number of hydrogen-bond acceptors (Lipinski definition) is 4. The molecule has 2 N–H and O–H groups in total. The quantitative estimate of drug-likeness (QED) is 0.604. The Hall–Kier alpha value is -0.160. The maximum Gasteiger partial charge on any atom is 0.0667 e. The Kier molecular flexibility index (Phi) is 7.76. The molecular formula is C12H26N2O2. The molecule has 16 heavy (non-hydrogen) atoms. The summed E-state index contributed by atoms with van der Waals surface area (Å²) in [4.78, 5) is 0. The molecule has 1 atom stereocenters. The smallest absolute Gasteiger partial charge is 0.0667 e. The first-order chi connectivity index (χ1) is 7.83. The molecule has 1 aliphatic rings. The molecule has 0 amide bonds. The Morgan fingerprint density at radius 2 is 2.12 bits per heavy atom. The van der Waals surface area contributed by atoms with E-state index >= 15 is 0 Å². The number of methoxy groups -OCH3 is 1. The molecule has 4 nitrogen and oxygen atoms in total. The summed E-state index contributed by atoms with van der Waals surface area (Å²) in [5, 5.41) is 6.69. The molecule has 1 aliphatic heterocycles. The van der Waals surface area contributed by atoms with Crippen molar-refractivity contribution in [3.63, 3.8) is 0 Å². The van der Waals surface area contributed by atoms with Gasteiger partial charge in [0.25, 0.3) is 0 Å². The predicted octanol–water partition coefficient (Wildman–Crippen LogP) is 0.770. The highest BCUT2D eigenvalue weighted by Crippen LogP contribution is 2.06. The molecule has 1 saturated heterocycles.